The Balaban J connectivity index is -0.000000230. The molecule has 0 aromatic rings. The van der Waals surface area contributed by atoms with E-state index in [9.17, 15) is 0 Å². The zero-order chi connectivity index (χ0) is 16.4. The summed E-state index contributed by atoms with van der Waals surface area (Å²) in [6.07, 6.45) is -0.107. The van der Waals surface area contributed by atoms with Gasteiger partial charge in [0.05, 0.1) is 28.0 Å². The molecule has 0 fully saturated rings. The van der Waals surface area contributed by atoms with Crippen LogP contribution in [0.3, 0.4) is 0 Å². The van der Waals surface area contributed by atoms with E-state index in [1.165, 1.54) is 0 Å². The normalized spacial score (nSPS) is 10.8. The fraction of sp³-hybridized carbons (Fsp3) is 0.889. The van der Waals surface area contributed by atoms with Crippen molar-refractivity contribution in [3.63, 3.8) is 0 Å². The maximum Gasteiger partial charge on any atom is 0.503 e. The van der Waals surface area contributed by atoms with Gasteiger partial charge in [-0.25, -0.2) is 4.79 Å². The minimum absolute atomic E-state index is 0.124. The van der Waals surface area contributed by atoms with E-state index in [2.05, 4.69) is 0 Å². The van der Waals surface area contributed by atoms with Crippen LogP contribution in [0.1, 0.15) is 12.8 Å². The summed E-state index contributed by atoms with van der Waals surface area (Å²) in [6, 6.07) is 2.10. The van der Waals surface area contributed by atoms with Gasteiger partial charge in [0.25, 0.3) is 0 Å². The van der Waals surface area contributed by atoms with Gasteiger partial charge >= 0.3 is 6.16 Å². The highest BCUT2D eigenvalue weighted by Crippen LogP contribution is 2.02. The number of aliphatic hydroxyl groups excluding tert-OH is 2. The van der Waals surface area contributed by atoms with Gasteiger partial charge in [0.15, 0.2) is 0 Å². The lowest BCUT2D eigenvalue weighted by atomic mass is 10.5. The van der Waals surface area contributed by atoms with Crippen molar-refractivity contribution in [2.24, 2.45) is 0 Å². The number of halogens is 4. The average Bonchev–Trinajstić information content (AvgIpc) is 2.29. The minimum atomic E-state index is -1.83. The number of hydrogen-bond donors (Lipinski definition) is 4. The quantitative estimate of drug-likeness (QED) is 0.278. The highest BCUT2D eigenvalue weighted by Gasteiger charge is 1.97. The van der Waals surface area contributed by atoms with Gasteiger partial charge in [-0.2, -0.15) is 0 Å². The van der Waals surface area contributed by atoms with Crippen molar-refractivity contribution >= 4 is 71.6 Å². The summed E-state index contributed by atoms with van der Waals surface area (Å²) >= 11 is 21.8. The predicted molar refractivity (Wildman–Crippen MR) is 91.7 cm³/mol. The summed E-state index contributed by atoms with van der Waals surface area (Å²) in [5.74, 6) is 0. The predicted octanol–water partition coefficient (Wildman–Crippen LogP) is 1.66. The molecule has 0 saturated carbocycles. The summed E-state index contributed by atoms with van der Waals surface area (Å²) in [5.41, 5.74) is 0. The Kier molecular flexibility index (Phi) is 28.4. The van der Waals surface area contributed by atoms with E-state index in [1.54, 1.807) is 0 Å². The van der Waals surface area contributed by atoms with Gasteiger partial charge in [0.1, 0.15) is 0 Å². The molecule has 0 atom stereocenters. The van der Waals surface area contributed by atoms with Crippen molar-refractivity contribution in [2.75, 3.05) is 13.2 Å². The molecular weight excluding hydrogens is 386 g/mol. The zero-order valence-electron chi connectivity index (χ0n) is 11.0. The van der Waals surface area contributed by atoms with Crippen LogP contribution < -0.4 is 0 Å². The summed E-state index contributed by atoms with van der Waals surface area (Å²) in [5, 5.41) is 30.6. The van der Waals surface area contributed by atoms with Crippen LogP contribution in [-0.2, 0) is 0 Å². The van der Waals surface area contributed by atoms with Crippen LogP contribution in [-0.4, -0.2) is 67.8 Å². The molecule has 0 spiro atoms. The molecule has 0 aliphatic carbocycles. The second-order valence-corrected chi connectivity index (χ2v) is 12.3. The third-order valence-electron chi connectivity index (χ3n) is 1.66. The Morgan fingerprint density at radius 3 is 1.25 bits per heavy atom. The topological polar surface area (TPSA) is 98.0 Å². The SMILES string of the molecule is O=C(O)O.OCCC[SiH2]C(Cl)Cl.OCCC[SiH2]C(Cl)Cl. The first-order valence-electron chi connectivity index (χ1n) is 5.97. The maximum atomic E-state index is 8.56. The van der Waals surface area contributed by atoms with Crippen LogP contribution in [0.2, 0.25) is 12.1 Å². The first-order valence-corrected chi connectivity index (χ1v) is 11.4. The lowest BCUT2D eigenvalue weighted by Gasteiger charge is -1.95. The Morgan fingerprint density at radius 2 is 1.10 bits per heavy atom. The first-order chi connectivity index (χ1) is 9.27. The molecule has 0 aliphatic rings. The van der Waals surface area contributed by atoms with E-state index >= 15 is 0 Å². The third kappa shape index (κ3) is 51.1. The molecule has 11 heteroatoms. The fourth-order valence-electron chi connectivity index (χ4n) is 0.821. The molecule has 124 valence electrons. The second kappa shape index (κ2) is 22.1. The van der Waals surface area contributed by atoms with E-state index in [0.717, 1.165) is 24.9 Å². The number of carbonyl (C=O) groups is 1. The fourth-order valence-corrected chi connectivity index (χ4v) is 4.31. The molecule has 0 aromatic heterocycles. The van der Waals surface area contributed by atoms with Crippen LogP contribution in [0.5, 0.6) is 0 Å². The molecular formula is C9H22Cl4O5Si2. The summed E-state index contributed by atoms with van der Waals surface area (Å²) in [7, 11) is -0.588. The molecule has 20 heavy (non-hydrogen) atoms. The van der Waals surface area contributed by atoms with Crippen LogP contribution in [0.4, 0.5) is 4.79 Å². The number of hydrogen-bond acceptors (Lipinski definition) is 3. The molecule has 0 bridgehead atoms. The zero-order valence-corrected chi connectivity index (χ0v) is 16.9. The molecule has 0 aromatic carbocycles. The lowest BCUT2D eigenvalue weighted by Crippen LogP contribution is -2.01. The van der Waals surface area contributed by atoms with Crippen LogP contribution in [0.25, 0.3) is 0 Å². The van der Waals surface area contributed by atoms with E-state index in [4.69, 9.17) is 71.6 Å². The van der Waals surface area contributed by atoms with Crippen molar-refractivity contribution in [3.05, 3.63) is 0 Å². The molecule has 0 amide bonds. The van der Waals surface area contributed by atoms with E-state index in [-0.39, 0.29) is 41.2 Å². The smallest absolute Gasteiger partial charge is 0.450 e. The van der Waals surface area contributed by atoms with Crippen LogP contribution in [0, 0.1) is 0 Å². The molecule has 4 N–H and O–H groups in total. The van der Waals surface area contributed by atoms with Crippen molar-refractivity contribution < 1.29 is 25.2 Å². The van der Waals surface area contributed by atoms with Gasteiger partial charge < -0.3 is 20.4 Å². The Hall–Kier alpha value is 0.784. The van der Waals surface area contributed by atoms with E-state index in [1.807, 2.05) is 0 Å². The Labute approximate surface area is 143 Å². The summed E-state index contributed by atoms with van der Waals surface area (Å²) in [6.45, 7) is 0.543. The first kappa shape index (κ1) is 25.7. The lowest BCUT2D eigenvalue weighted by molar-refractivity contribution is 0.137. The Morgan fingerprint density at radius 1 is 0.850 bits per heavy atom. The van der Waals surface area contributed by atoms with Gasteiger partial charge in [-0.15, -0.1) is 46.4 Å². The number of rotatable bonds is 8. The molecule has 0 aliphatic heterocycles. The molecule has 0 saturated heterocycles. The molecule has 0 radical (unpaired) electrons. The summed E-state index contributed by atoms with van der Waals surface area (Å²) < 4.78 is -0.247. The molecule has 5 nitrogen and oxygen atoms in total. The van der Waals surface area contributed by atoms with Gasteiger partial charge in [-0.05, 0) is 12.8 Å². The van der Waals surface area contributed by atoms with Crippen molar-refractivity contribution in [2.45, 2.75) is 33.8 Å². The largest absolute Gasteiger partial charge is 0.503 e. The number of carboxylic acid groups (broad SMARTS) is 2. The molecule has 0 rings (SSSR count). The van der Waals surface area contributed by atoms with Gasteiger partial charge in [0, 0.05) is 13.2 Å². The number of alkyl halides is 4. The van der Waals surface area contributed by atoms with Crippen molar-refractivity contribution in [1.82, 2.24) is 0 Å². The third-order valence-corrected chi connectivity index (χ3v) is 6.97. The van der Waals surface area contributed by atoms with Gasteiger partial charge in [0.2, 0.25) is 0 Å². The standard InChI is InChI=1S/2C4H10Cl2OSi.CH2O3/c2*5-4(6)8-3-1-2-7;2-1(3)4/h2*4,7H,1-3,8H2;(H2,2,3,4). The highest BCUT2D eigenvalue weighted by atomic mass is 35.5. The van der Waals surface area contributed by atoms with E-state index < -0.39 is 6.16 Å². The van der Waals surface area contributed by atoms with Crippen LogP contribution in [0.15, 0.2) is 0 Å². The summed E-state index contributed by atoms with van der Waals surface area (Å²) in [4.78, 5) is 8.56. The van der Waals surface area contributed by atoms with Crippen LogP contribution >= 0.6 is 46.4 Å². The van der Waals surface area contributed by atoms with Crippen molar-refractivity contribution in [3.8, 4) is 0 Å². The van der Waals surface area contributed by atoms with E-state index in [0.29, 0.717) is 0 Å². The monoisotopic (exact) mass is 406 g/mol. The minimum Gasteiger partial charge on any atom is -0.450 e. The van der Waals surface area contributed by atoms with Gasteiger partial charge in [-0.1, -0.05) is 12.1 Å². The average molecular weight is 408 g/mol. The number of aliphatic hydroxyl groups is 2. The maximum absolute atomic E-state index is 8.56. The highest BCUT2D eigenvalue weighted by molar-refractivity contribution is 6.69. The molecule has 0 unspecified atom stereocenters. The molecule has 0 heterocycles. The van der Waals surface area contributed by atoms with Crippen molar-refractivity contribution in [1.29, 1.82) is 0 Å². The van der Waals surface area contributed by atoms with Gasteiger partial charge in [-0.3, -0.25) is 0 Å². The Bertz CT molecular complexity index is 183. The second-order valence-electron chi connectivity index (χ2n) is 3.50.